The Hall–Kier alpha value is -6.46. The Bertz CT molecular complexity index is 2800. The second-order valence-electron chi connectivity index (χ2n) is 18.3. The maximum absolute atomic E-state index is 16.1. The normalized spacial score (nSPS) is 19.4. The standard InChI is InChI=1S/C50H57F3N10O4/c1-30-23-34(50(67)62-15-10-32(11-16-62)28-59-19-21-61(22-20-59)43-7-5-35(25-37(43)51)56-40-6-8-45(64)57-49(40)66)24-38(52)47(30)33-12-17-60(18-13-33)31(2)44-26-36-42(9-14-55-48(36)58(44)4)63-29-39(53)41(54-3)27-46(63)65/h5,7,9,12,14,23-27,29,31-32,40,54,56H,6,8,10-11,13,15-22,28H2,1-4H3,(H,57,64,66)/t31-,40-/m0/s1. The van der Waals surface area contributed by atoms with Crippen molar-refractivity contribution in [3.05, 3.63) is 117 Å². The van der Waals surface area contributed by atoms with Crippen LogP contribution >= 0.6 is 0 Å². The Kier molecular flexibility index (Phi) is 13.0. The summed E-state index contributed by atoms with van der Waals surface area (Å²) in [5, 5.41) is 8.79. The van der Waals surface area contributed by atoms with Crippen LogP contribution in [0.5, 0.6) is 0 Å². The summed E-state index contributed by atoms with van der Waals surface area (Å²) in [7, 11) is 3.50. The van der Waals surface area contributed by atoms with Crippen molar-refractivity contribution in [2.75, 3.05) is 81.5 Å². The summed E-state index contributed by atoms with van der Waals surface area (Å²) in [6, 6.07) is 12.4. The molecule has 352 valence electrons. The highest BCUT2D eigenvalue weighted by atomic mass is 19.1. The minimum Gasteiger partial charge on any atom is -0.386 e. The molecule has 4 aliphatic heterocycles. The Morgan fingerprint density at radius 3 is 2.34 bits per heavy atom. The summed E-state index contributed by atoms with van der Waals surface area (Å²) in [5.41, 5.74) is 5.51. The van der Waals surface area contributed by atoms with Gasteiger partial charge in [-0.1, -0.05) is 6.08 Å². The number of nitrogens with zero attached hydrogens (tertiary/aromatic N) is 7. The number of piperazine rings is 1. The van der Waals surface area contributed by atoms with Gasteiger partial charge in [-0.3, -0.25) is 38.9 Å². The molecule has 0 bridgehead atoms. The van der Waals surface area contributed by atoms with Crippen molar-refractivity contribution in [1.29, 1.82) is 0 Å². The van der Waals surface area contributed by atoms with Gasteiger partial charge in [-0.2, -0.15) is 0 Å². The Morgan fingerprint density at radius 2 is 1.66 bits per heavy atom. The lowest BCUT2D eigenvalue weighted by Gasteiger charge is -2.39. The quantitative estimate of drug-likeness (QED) is 0.131. The molecular formula is C50H57F3N10O4. The summed E-state index contributed by atoms with van der Waals surface area (Å²) in [4.78, 5) is 63.5. The molecule has 3 fully saturated rings. The molecule has 5 aromatic rings. The average Bonchev–Trinajstić information content (AvgIpc) is 3.66. The van der Waals surface area contributed by atoms with E-state index in [-0.39, 0.29) is 41.3 Å². The summed E-state index contributed by atoms with van der Waals surface area (Å²) in [6.07, 6.45) is 7.81. The number of amides is 3. The number of benzene rings is 2. The maximum atomic E-state index is 16.1. The van der Waals surface area contributed by atoms with Crippen molar-refractivity contribution in [2.24, 2.45) is 13.0 Å². The monoisotopic (exact) mass is 918 g/mol. The number of pyridine rings is 2. The van der Waals surface area contributed by atoms with Gasteiger partial charge in [0.2, 0.25) is 11.8 Å². The molecule has 0 spiro atoms. The fraction of sp³-hybridized carbons (Fsp3) is 0.420. The fourth-order valence-corrected chi connectivity index (χ4v) is 10.4. The summed E-state index contributed by atoms with van der Waals surface area (Å²) in [6.45, 7) is 10.3. The summed E-state index contributed by atoms with van der Waals surface area (Å²) < 4.78 is 49.4. The van der Waals surface area contributed by atoms with Crippen LogP contribution in [0.4, 0.5) is 30.2 Å². The second-order valence-corrected chi connectivity index (χ2v) is 18.3. The number of hydrogen-bond donors (Lipinski definition) is 3. The number of likely N-dealkylation sites (tertiary alicyclic amines) is 1. The predicted molar refractivity (Wildman–Crippen MR) is 253 cm³/mol. The van der Waals surface area contributed by atoms with Crippen molar-refractivity contribution >= 4 is 51.4 Å². The molecule has 7 heterocycles. The molecule has 3 aromatic heterocycles. The number of hydrogen-bond acceptors (Lipinski definition) is 10. The van der Waals surface area contributed by atoms with Gasteiger partial charge in [0, 0.05) is 126 Å². The molecule has 14 nitrogen and oxygen atoms in total. The van der Waals surface area contributed by atoms with Gasteiger partial charge in [0.1, 0.15) is 23.3 Å². The Labute approximate surface area is 387 Å². The zero-order valence-corrected chi connectivity index (χ0v) is 38.4. The molecule has 3 N–H and O–H groups in total. The van der Waals surface area contributed by atoms with Gasteiger partial charge in [0.25, 0.3) is 11.5 Å². The molecule has 2 aromatic carbocycles. The smallest absolute Gasteiger partial charge is 0.257 e. The van der Waals surface area contributed by atoms with Crippen LogP contribution in [0.25, 0.3) is 22.3 Å². The number of imide groups is 1. The largest absolute Gasteiger partial charge is 0.386 e. The molecule has 3 saturated heterocycles. The molecule has 4 aliphatic rings. The zero-order chi connectivity index (χ0) is 47.1. The van der Waals surface area contributed by atoms with Gasteiger partial charge in [-0.05, 0) is 99.0 Å². The minimum atomic E-state index is -0.578. The topological polar surface area (TPSA) is 140 Å². The molecule has 0 radical (unpaired) electrons. The van der Waals surface area contributed by atoms with Gasteiger partial charge in [0.05, 0.1) is 23.3 Å². The minimum absolute atomic E-state index is 0.0505. The molecule has 2 atom stereocenters. The molecule has 9 rings (SSSR count). The first-order valence-electron chi connectivity index (χ1n) is 23.2. The van der Waals surface area contributed by atoms with E-state index in [4.69, 9.17) is 0 Å². The SMILES string of the molecule is CNc1cc(=O)n(-c2ccnc3c2cc([C@H](C)N2CC=C(c4c(C)cc(C(=O)N5CCC(CN6CCN(c7ccc(N[C@H]8CCC(=O)NC8=O)cc7F)CC6)CC5)cc4F)CC2)n3C)cc1F. The van der Waals surface area contributed by atoms with Crippen molar-refractivity contribution < 1.29 is 27.6 Å². The van der Waals surface area contributed by atoms with E-state index >= 15 is 8.78 Å². The number of rotatable bonds is 11. The third kappa shape index (κ3) is 9.31. The molecule has 0 unspecified atom stereocenters. The summed E-state index contributed by atoms with van der Waals surface area (Å²) >= 11 is 0. The lowest BCUT2D eigenvalue weighted by molar-refractivity contribution is -0.133. The number of halogens is 3. The molecule has 0 saturated carbocycles. The number of aromatic nitrogens is 3. The van der Waals surface area contributed by atoms with E-state index in [1.807, 2.05) is 40.5 Å². The van der Waals surface area contributed by atoms with Crippen LogP contribution in [0.15, 0.2) is 71.8 Å². The van der Waals surface area contributed by atoms with Gasteiger partial charge in [-0.25, -0.2) is 18.2 Å². The molecule has 0 aliphatic carbocycles. The van der Waals surface area contributed by atoms with E-state index in [9.17, 15) is 23.6 Å². The van der Waals surface area contributed by atoms with Crippen LogP contribution in [0, 0.1) is 30.3 Å². The highest BCUT2D eigenvalue weighted by Crippen LogP contribution is 2.35. The lowest BCUT2D eigenvalue weighted by atomic mass is 9.92. The first-order chi connectivity index (χ1) is 32.3. The first-order valence-corrected chi connectivity index (χ1v) is 23.2. The number of anilines is 3. The van der Waals surface area contributed by atoms with Crippen molar-refractivity contribution in [3.63, 3.8) is 0 Å². The van der Waals surface area contributed by atoms with Crippen LogP contribution in [-0.2, 0) is 16.6 Å². The molecule has 3 amide bonds. The number of fused-ring (bicyclic) bond motifs is 1. The van der Waals surface area contributed by atoms with Crippen molar-refractivity contribution in [3.8, 4) is 5.69 Å². The number of aryl methyl sites for hydroxylation is 2. The number of nitrogens with one attached hydrogen (secondary N) is 3. The third-order valence-electron chi connectivity index (χ3n) is 14.2. The van der Waals surface area contributed by atoms with Gasteiger partial charge in [-0.15, -0.1) is 0 Å². The van der Waals surface area contributed by atoms with Crippen LogP contribution in [0.1, 0.15) is 72.2 Å². The molecular weight excluding hydrogens is 862 g/mol. The second kappa shape index (κ2) is 19.0. The Morgan fingerprint density at radius 1 is 0.881 bits per heavy atom. The first kappa shape index (κ1) is 45.7. The lowest BCUT2D eigenvalue weighted by Crippen LogP contribution is -2.49. The van der Waals surface area contributed by atoms with Crippen molar-refractivity contribution in [1.82, 2.24) is 34.1 Å². The predicted octanol–water partition coefficient (Wildman–Crippen LogP) is 6.23. The van der Waals surface area contributed by atoms with E-state index in [2.05, 4.69) is 43.7 Å². The van der Waals surface area contributed by atoms with E-state index in [0.29, 0.717) is 91.9 Å². The molecule has 67 heavy (non-hydrogen) atoms. The average molecular weight is 919 g/mol. The van der Waals surface area contributed by atoms with Gasteiger partial charge >= 0.3 is 0 Å². The van der Waals surface area contributed by atoms with Gasteiger partial charge < -0.3 is 25.0 Å². The van der Waals surface area contributed by atoms with Crippen LogP contribution in [-0.4, -0.2) is 119 Å². The van der Waals surface area contributed by atoms with E-state index in [0.717, 1.165) is 54.7 Å². The van der Waals surface area contributed by atoms with Crippen molar-refractivity contribution in [2.45, 2.75) is 58.0 Å². The van der Waals surface area contributed by atoms with Crippen LogP contribution < -0.4 is 26.4 Å². The van der Waals surface area contributed by atoms with Gasteiger partial charge in [0.15, 0.2) is 5.82 Å². The number of piperidine rings is 2. The molecule has 17 heteroatoms. The highest BCUT2D eigenvalue weighted by molar-refractivity contribution is 6.01. The fourth-order valence-electron chi connectivity index (χ4n) is 10.4. The number of carbonyl (C=O) groups is 3. The van der Waals surface area contributed by atoms with Crippen LogP contribution in [0.3, 0.4) is 0 Å². The Balaban J connectivity index is 0.769. The zero-order valence-electron chi connectivity index (χ0n) is 38.4. The van der Waals surface area contributed by atoms with E-state index in [1.54, 1.807) is 31.4 Å². The third-order valence-corrected chi connectivity index (χ3v) is 14.2. The highest BCUT2D eigenvalue weighted by Gasteiger charge is 2.31. The maximum Gasteiger partial charge on any atom is 0.257 e. The van der Waals surface area contributed by atoms with Crippen LogP contribution in [0.2, 0.25) is 0 Å². The van der Waals surface area contributed by atoms with E-state index < -0.39 is 23.6 Å². The van der Waals surface area contributed by atoms with E-state index in [1.165, 1.54) is 29.0 Å². The summed E-state index contributed by atoms with van der Waals surface area (Å²) in [5.74, 6) is -1.73. The number of carbonyl (C=O) groups excluding carboxylic acids is 3.